The molecule has 2 saturated carbocycles. The van der Waals surface area contributed by atoms with Crippen molar-refractivity contribution in [3.05, 3.63) is 0 Å². The minimum absolute atomic E-state index is 0.0275. The Hall–Kier alpha value is -0.0800. The van der Waals surface area contributed by atoms with Crippen molar-refractivity contribution in [3.8, 4) is 0 Å². The van der Waals surface area contributed by atoms with Gasteiger partial charge in [-0.2, -0.15) is 0 Å². The molecular weight excluding hydrogens is 210 g/mol. The average Bonchev–Trinajstić information content (AvgIpc) is 2.72. The molecule has 0 bridgehead atoms. The van der Waals surface area contributed by atoms with E-state index in [-0.39, 0.29) is 5.60 Å². The van der Waals surface area contributed by atoms with Crippen LogP contribution in [0.5, 0.6) is 0 Å². The lowest BCUT2D eigenvalue weighted by molar-refractivity contribution is -0.105. The van der Waals surface area contributed by atoms with Crippen molar-refractivity contribution in [2.24, 2.45) is 17.6 Å². The molecule has 0 aromatic carbocycles. The summed E-state index contributed by atoms with van der Waals surface area (Å²) in [6.07, 6.45) is 10.7. The van der Waals surface area contributed by atoms with Crippen LogP contribution in [0, 0.1) is 11.8 Å². The van der Waals surface area contributed by atoms with Gasteiger partial charge in [-0.05, 0) is 43.9 Å². The first-order valence-electron chi connectivity index (χ1n) is 7.55. The summed E-state index contributed by atoms with van der Waals surface area (Å²) in [6, 6.07) is 0. The Morgan fingerprint density at radius 2 is 2.12 bits per heavy atom. The molecule has 2 aliphatic rings. The van der Waals surface area contributed by atoms with Crippen LogP contribution in [0.25, 0.3) is 0 Å². The highest BCUT2D eigenvalue weighted by Crippen LogP contribution is 2.40. The zero-order valence-corrected chi connectivity index (χ0v) is 11.6. The summed E-state index contributed by atoms with van der Waals surface area (Å²) < 4.78 is 6.47. The second-order valence-electron chi connectivity index (χ2n) is 6.42. The minimum atomic E-state index is 0.0275. The Morgan fingerprint density at radius 1 is 1.29 bits per heavy atom. The first kappa shape index (κ1) is 13.4. The lowest BCUT2D eigenvalue weighted by Crippen LogP contribution is -2.42. The summed E-state index contributed by atoms with van der Waals surface area (Å²) in [5.74, 6) is 1.69. The monoisotopic (exact) mass is 239 g/mol. The highest BCUT2D eigenvalue weighted by molar-refractivity contribution is 4.92. The number of hydrogen-bond acceptors (Lipinski definition) is 2. The first-order chi connectivity index (χ1) is 8.17. The molecule has 2 nitrogen and oxygen atoms in total. The zero-order chi connectivity index (χ0) is 12.3. The second-order valence-corrected chi connectivity index (χ2v) is 6.42. The SMILES string of the molecule is CCC1CCCC(OC2(CN)CCC(C)C2)C1. The Kier molecular flexibility index (Phi) is 4.48. The van der Waals surface area contributed by atoms with Crippen molar-refractivity contribution in [1.29, 1.82) is 0 Å². The van der Waals surface area contributed by atoms with E-state index in [0.29, 0.717) is 12.6 Å². The van der Waals surface area contributed by atoms with Crippen LogP contribution in [0.2, 0.25) is 0 Å². The van der Waals surface area contributed by atoms with Crippen LogP contribution in [0.3, 0.4) is 0 Å². The lowest BCUT2D eigenvalue weighted by atomic mass is 9.85. The highest BCUT2D eigenvalue weighted by Gasteiger charge is 2.39. The third-order valence-corrected chi connectivity index (χ3v) is 4.91. The molecule has 0 aromatic rings. The van der Waals surface area contributed by atoms with Gasteiger partial charge in [0, 0.05) is 6.54 Å². The molecule has 0 aromatic heterocycles. The van der Waals surface area contributed by atoms with Gasteiger partial charge in [-0.1, -0.05) is 33.1 Å². The fourth-order valence-corrected chi connectivity index (χ4v) is 3.76. The third kappa shape index (κ3) is 3.23. The first-order valence-corrected chi connectivity index (χ1v) is 7.55. The maximum absolute atomic E-state index is 6.47. The molecular formula is C15H29NO. The molecule has 2 aliphatic carbocycles. The Labute approximate surface area is 106 Å². The summed E-state index contributed by atoms with van der Waals surface area (Å²) in [5, 5.41) is 0. The molecule has 4 unspecified atom stereocenters. The Bertz CT molecular complexity index is 243. The molecule has 0 saturated heterocycles. The van der Waals surface area contributed by atoms with Crippen LogP contribution in [0.4, 0.5) is 0 Å². The number of ether oxygens (including phenoxy) is 1. The molecule has 4 atom stereocenters. The van der Waals surface area contributed by atoms with Crippen molar-refractivity contribution >= 4 is 0 Å². The number of rotatable bonds is 4. The number of hydrogen-bond donors (Lipinski definition) is 1. The second kappa shape index (κ2) is 5.71. The summed E-state index contributed by atoms with van der Waals surface area (Å²) in [6.45, 7) is 5.35. The molecule has 0 radical (unpaired) electrons. The predicted molar refractivity (Wildman–Crippen MR) is 71.9 cm³/mol. The normalized spacial score (nSPS) is 42.9. The molecule has 0 aliphatic heterocycles. The van der Waals surface area contributed by atoms with Crippen LogP contribution in [-0.2, 0) is 4.74 Å². The maximum atomic E-state index is 6.47. The molecule has 0 heterocycles. The highest BCUT2D eigenvalue weighted by atomic mass is 16.5. The van der Waals surface area contributed by atoms with Gasteiger partial charge in [-0.15, -0.1) is 0 Å². The van der Waals surface area contributed by atoms with Crippen molar-refractivity contribution in [2.75, 3.05) is 6.54 Å². The van der Waals surface area contributed by atoms with Crippen molar-refractivity contribution in [3.63, 3.8) is 0 Å². The van der Waals surface area contributed by atoms with Crippen molar-refractivity contribution in [1.82, 2.24) is 0 Å². The standard InChI is InChI=1S/C15H29NO/c1-3-13-5-4-6-14(9-13)17-15(11-16)8-7-12(2)10-15/h12-14H,3-11,16H2,1-2H3. The molecule has 0 amide bonds. The summed E-state index contributed by atoms with van der Waals surface area (Å²) in [4.78, 5) is 0. The molecule has 2 N–H and O–H groups in total. The smallest absolute Gasteiger partial charge is 0.0810 e. The molecule has 2 rings (SSSR count). The van der Waals surface area contributed by atoms with Gasteiger partial charge in [0.15, 0.2) is 0 Å². The Balaban J connectivity index is 1.90. The van der Waals surface area contributed by atoms with E-state index in [1.165, 1.54) is 51.4 Å². The third-order valence-electron chi connectivity index (χ3n) is 4.91. The van der Waals surface area contributed by atoms with Gasteiger partial charge in [0.2, 0.25) is 0 Å². The quantitative estimate of drug-likeness (QED) is 0.815. The van der Waals surface area contributed by atoms with E-state index in [2.05, 4.69) is 13.8 Å². The topological polar surface area (TPSA) is 35.2 Å². The maximum Gasteiger partial charge on any atom is 0.0810 e. The van der Waals surface area contributed by atoms with E-state index in [1.54, 1.807) is 0 Å². The minimum Gasteiger partial charge on any atom is -0.370 e. The number of nitrogens with two attached hydrogens (primary N) is 1. The lowest BCUT2D eigenvalue weighted by Gasteiger charge is -2.37. The van der Waals surface area contributed by atoms with E-state index in [4.69, 9.17) is 10.5 Å². The van der Waals surface area contributed by atoms with Crippen LogP contribution < -0.4 is 5.73 Å². The largest absolute Gasteiger partial charge is 0.370 e. The van der Waals surface area contributed by atoms with Crippen molar-refractivity contribution < 1.29 is 4.74 Å². The van der Waals surface area contributed by atoms with Gasteiger partial charge in [0.1, 0.15) is 0 Å². The predicted octanol–water partition coefficient (Wildman–Crippen LogP) is 3.49. The van der Waals surface area contributed by atoms with Gasteiger partial charge < -0.3 is 10.5 Å². The van der Waals surface area contributed by atoms with Gasteiger partial charge in [-0.3, -0.25) is 0 Å². The molecule has 2 fully saturated rings. The van der Waals surface area contributed by atoms with Crippen LogP contribution in [0.1, 0.15) is 65.2 Å². The van der Waals surface area contributed by atoms with Crippen LogP contribution in [0.15, 0.2) is 0 Å². The van der Waals surface area contributed by atoms with E-state index >= 15 is 0 Å². The van der Waals surface area contributed by atoms with Gasteiger partial charge in [-0.25, -0.2) is 0 Å². The van der Waals surface area contributed by atoms with Gasteiger partial charge in [0.05, 0.1) is 11.7 Å². The van der Waals surface area contributed by atoms with Crippen LogP contribution in [-0.4, -0.2) is 18.2 Å². The molecule has 17 heavy (non-hydrogen) atoms. The van der Waals surface area contributed by atoms with E-state index in [9.17, 15) is 0 Å². The Morgan fingerprint density at radius 3 is 2.71 bits per heavy atom. The zero-order valence-electron chi connectivity index (χ0n) is 11.6. The molecule has 0 spiro atoms. The summed E-state index contributed by atoms with van der Waals surface area (Å²) in [5.41, 5.74) is 6.02. The average molecular weight is 239 g/mol. The fourth-order valence-electron chi connectivity index (χ4n) is 3.76. The van der Waals surface area contributed by atoms with E-state index in [1.807, 2.05) is 0 Å². The van der Waals surface area contributed by atoms with E-state index in [0.717, 1.165) is 11.8 Å². The fraction of sp³-hybridized carbons (Fsp3) is 1.00. The summed E-state index contributed by atoms with van der Waals surface area (Å²) in [7, 11) is 0. The van der Waals surface area contributed by atoms with Gasteiger partial charge in [0.25, 0.3) is 0 Å². The van der Waals surface area contributed by atoms with Crippen molar-refractivity contribution in [2.45, 2.75) is 76.9 Å². The molecule has 2 heteroatoms. The van der Waals surface area contributed by atoms with Gasteiger partial charge >= 0.3 is 0 Å². The van der Waals surface area contributed by atoms with E-state index < -0.39 is 0 Å². The van der Waals surface area contributed by atoms with Crippen LogP contribution >= 0.6 is 0 Å². The summed E-state index contributed by atoms with van der Waals surface area (Å²) >= 11 is 0. The molecule has 100 valence electrons.